The molecule has 0 spiro atoms. The Kier molecular flexibility index (Phi) is 4.60. The van der Waals surface area contributed by atoms with E-state index in [0.29, 0.717) is 44.9 Å². The highest BCUT2D eigenvalue weighted by Gasteiger charge is 2.18. The van der Waals surface area contributed by atoms with Crippen molar-refractivity contribution in [2.24, 2.45) is 0 Å². The molecule has 2 aromatic carbocycles. The van der Waals surface area contributed by atoms with E-state index in [2.05, 4.69) is 10.1 Å². The molecule has 0 unspecified atom stereocenters. The number of fused-ring (bicyclic) bond motifs is 1. The zero-order valence-corrected chi connectivity index (χ0v) is 16.0. The van der Waals surface area contributed by atoms with Gasteiger partial charge in [0.05, 0.1) is 27.0 Å². The first-order valence-electron chi connectivity index (χ1n) is 8.15. The van der Waals surface area contributed by atoms with Gasteiger partial charge < -0.3 is 14.2 Å². The van der Waals surface area contributed by atoms with Crippen LogP contribution < -0.4 is 14.2 Å². The summed E-state index contributed by atoms with van der Waals surface area (Å²) < 4.78 is 44.8. The molecule has 4 rings (SSSR count). The maximum atomic E-state index is 13.6. The van der Waals surface area contributed by atoms with Gasteiger partial charge in [0.25, 0.3) is 0 Å². The highest BCUT2D eigenvalue weighted by molar-refractivity contribution is 7.15. The molecule has 28 heavy (non-hydrogen) atoms. The second kappa shape index (κ2) is 7.08. The summed E-state index contributed by atoms with van der Waals surface area (Å²) in [5.41, 5.74) is 1.58. The minimum absolute atomic E-state index is 0.380. The number of ether oxygens (including phenoxy) is 3. The maximum Gasteiger partial charge on any atom is 0.213 e. The number of thiazole rings is 1. The molecule has 0 aliphatic heterocycles. The van der Waals surface area contributed by atoms with E-state index in [1.807, 2.05) is 0 Å². The van der Waals surface area contributed by atoms with Gasteiger partial charge in [0.15, 0.2) is 17.3 Å². The van der Waals surface area contributed by atoms with Gasteiger partial charge in [-0.2, -0.15) is 4.98 Å². The van der Waals surface area contributed by atoms with E-state index in [1.54, 1.807) is 22.0 Å². The van der Waals surface area contributed by atoms with Gasteiger partial charge in [-0.25, -0.2) is 13.3 Å². The minimum Gasteiger partial charge on any atom is -0.493 e. The van der Waals surface area contributed by atoms with E-state index in [-0.39, 0.29) is 0 Å². The zero-order valence-electron chi connectivity index (χ0n) is 15.2. The van der Waals surface area contributed by atoms with Crippen molar-refractivity contribution in [3.8, 4) is 39.9 Å². The third-order valence-electron chi connectivity index (χ3n) is 4.16. The Balaban J connectivity index is 1.85. The Morgan fingerprint density at radius 3 is 2.07 bits per heavy atom. The van der Waals surface area contributed by atoms with Crippen LogP contribution in [0, 0.1) is 11.6 Å². The van der Waals surface area contributed by atoms with Gasteiger partial charge >= 0.3 is 0 Å². The normalized spacial score (nSPS) is 11.0. The Morgan fingerprint density at radius 1 is 0.857 bits per heavy atom. The smallest absolute Gasteiger partial charge is 0.213 e. The van der Waals surface area contributed by atoms with E-state index in [0.717, 1.165) is 6.07 Å². The van der Waals surface area contributed by atoms with Crippen LogP contribution in [0.25, 0.3) is 27.6 Å². The largest absolute Gasteiger partial charge is 0.493 e. The minimum atomic E-state index is -0.653. The third kappa shape index (κ3) is 3.03. The summed E-state index contributed by atoms with van der Waals surface area (Å²) in [5, 5.41) is 6.26. The molecule has 0 N–H and O–H groups in total. The molecule has 0 saturated heterocycles. The highest BCUT2D eigenvalue weighted by Crippen LogP contribution is 2.41. The molecule has 0 radical (unpaired) electrons. The van der Waals surface area contributed by atoms with Crippen molar-refractivity contribution in [2.45, 2.75) is 0 Å². The number of hydrogen-bond acceptors (Lipinski definition) is 6. The average molecular weight is 403 g/mol. The summed E-state index contributed by atoms with van der Waals surface area (Å²) in [6, 6.07) is 6.82. The molecule has 144 valence electrons. The summed E-state index contributed by atoms with van der Waals surface area (Å²) in [6.07, 6.45) is 0. The summed E-state index contributed by atoms with van der Waals surface area (Å²) in [7, 11) is 4.57. The van der Waals surface area contributed by atoms with Gasteiger partial charge in [-0.1, -0.05) is 0 Å². The summed E-state index contributed by atoms with van der Waals surface area (Å²) in [5.74, 6) is 0.526. The van der Waals surface area contributed by atoms with Crippen molar-refractivity contribution in [3.05, 3.63) is 47.3 Å². The van der Waals surface area contributed by atoms with E-state index in [1.165, 1.54) is 44.8 Å². The monoisotopic (exact) mass is 403 g/mol. The van der Waals surface area contributed by atoms with E-state index in [4.69, 9.17) is 14.2 Å². The van der Waals surface area contributed by atoms with Crippen molar-refractivity contribution in [2.75, 3.05) is 21.3 Å². The molecular formula is C19H15F2N3O3S. The fourth-order valence-electron chi connectivity index (χ4n) is 2.91. The topological polar surface area (TPSA) is 57.9 Å². The van der Waals surface area contributed by atoms with Crippen LogP contribution in [0.1, 0.15) is 0 Å². The zero-order chi connectivity index (χ0) is 19.8. The SMILES string of the molecule is COc1cc(-c2nc3scc(-c4cc(F)cc(F)c4)n3n2)cc(OC)c1OC. The molecule has 2 aromatic heterocycles. The predicted octanol–water partition coefficient (Wildman–Crippen LogP) is 4.43. The van der Waals surface area contributed by atoms with Crippen LogP contribution in [0.4, 0.5) is 8.78 Å². The molecule has 6 nitrogen and oxygen atoms in total. The number of methoxy groups -OCH3 is 3. The summed E-state index contributed by atoms with van der Waals surface area (Å²) in [4.78, 5) is 5.10. The molecule has 0 aliphatic rings. The molecule has 0 bridgehead atoms. The molecule has 0 aliphatic carbocycles. The van der Waals surface area contributed by atoms with Crippen LogP contribution in [0.2, 0.25) is 0 Å². The molecule has 0 saturated carbocycles. The van der Waals surface area contributed by atoms with Crippen LogP contribution >= 0.6 is 11.3 Å². The van der Waals surface area contributed by atoms with Crippen molar-refractivity contribution >= 4 is 16.3 Å². The average Bonchev–Trinajstić information content (AvgIpc) is 3.26. The van der Waals surface area contributed by atoms with Gasteiger partial charge in [0.1, 0.15) is 11.6 Å². The van der Waals surface area contributed by atoms with Crippen LogP contribution in [-0.2, 0) is 0 Å². The summed E-state index contributed by atoms with van der Waals surface area (Å²) in [6.45, 7) is 0. The molecule has 2 heterocycles. The molecule has 4 aromatic rings. The van der Waals surface area contributed by atoms with Crippen molar-refractivity contribution in [3.63, 3.8) is 0 Å². The number of aromatic nitrogens is 3. The fraction of sp³-hybridized carbons (Fsp3) is 0.158. The number of halogens is 2. The van der Waals surface area contributed by atoms with Gasteiger partial charge in [-0.3, -0.25) is 0 Å². The molecular weight excluding hydrogens is 388 g/mol. The quantitative estimate of drug-likeness (QED) is 0.493. The van der Waals surface area contributed by atoms with Crippen LogP contribution in [-0.4, -0.2) is 35.9 Å². The van der Waals surface area contributed by atoms with Gasteiger partial charge in [0.2, 0.25) is 10.7 Å². The molecule has 0 amide bonds. The summed E-state index contributed by atoms with van der Waals surface area (Å²) >= 11 is 1.32. The maximum absolute atomic E-state index is 13.6. The highest BCUT2D eigenvalue weighted by atomic mass is 32.1. The number of hydrogen-bond donors (Lipinski definition) is 0. The number of rotatable bonds is 5. The van der Waals surface area contributed by atoms with Crippen molar-refractivity contribution < 1.29 is 23.0 Å². The van der Waals surface area contributed by atoms with Crippen molar-refractivity contribution in [1.82, 2.24) is 14.6 Å². The number of benzene rings is 2. The van der Waals surface area contributed by atoms with Gasteiger partial charge in [-0.15, -0.1) is 16.4 Å². The van der Waals surface area contributed by atoms with Crippen molar-refractivity contribution in [1.29, 1.82) is 0 Å². The second-order valence-corrected chi connectivity index (χ2v) is 6.66. The lowest BCUT2D eigenvalue weighted by atomic mass is 10.1. The van der Waals surface area contributed by atoms with Crippen LogP contribution in [0.3, 0.4) is 0 Å². The molecule has 9 heteroatoms. The first-order valence-corrected chi connectivity index (χ1v) is 9.03. The molecule has 0 fully saturated rings. The Labute approximate surface area is 162 Å². The lowest BCUT2D eigenvalue weighted by Crippen LogP contribution is -1.96. The third-order valence-corrected chi connectivity index (χ3v) is 4.98. The second-order valence-electron chi connectivity index (χ2n) is 5.82. The first-order chi connectivity index (χ1) is 13.5. The van der Waals surface area contributed by atoms with Crippen LogP contribution in [0.15, 0.2) is 35.7 Å². The lowest BCUT2D eigenvalue weighted by molar-refractivity contribution is 0.324. The fourth-order valence-corrected chi connectivity index (χ4v) is 3.75. The molecule has 0 atom stereocenters. The standard InChI is InChI=1S/C19H15F2N3O3S/c1-25-15-6-11(7-16(26-2)17(15)27-3)18-22-19-24(23-18)14(9-28-19)10-4-12(20)8-13(21)5-10/h4-9H,1-3H3. The Morgan fingerprint density at radius 2 is 1.50 bits per heavy atom. The Bertz CT molecular complexity index is 1130. The first kappa shape index (κ1) is 18.2. The van der Waals surface area contributed by atoms with E-state index in [9.17, 15) is 8.78 Å². The van der Waals surface area contributed by atoms with E-state index < -0.39 is 11.6 Å². The van der Waals surface area contributed by atoms with Gasteiger partial charge in [-0.05, 0) is 24.3 Å². The van der Waals surface area contributed by atoms with E-state index >= 15 is 0 Å². The lowest BCUT2D eigenvalue weighted by Gasteiger charge is -2.12. The van der Waals surface area contributed by atoms with Crippen LogP contribution in [0.5, 0.6) is 17.2 Å². The number of nitrogens with zero attached hydrogens (tertiary/aromatic N) is 3. The Hall–Kier alpha value is -3.20. The van der Waals surface area contributed by atoms with Gasteiger partial charge in [0, 0.05) is 22.6 Å². The predicted molar refractivity (Wildman–Crippen MR) is 101 cm³/mol.